The molecule has 2 N–H and O–H groups in total. The molecule has 0 unspecified atom stereocenters. The maximum absolute atomic E-state index is 12.7. The molecule has 2 aromatic heterocycles. The van der Waals surface area contributed by atoms with Crippen LogP contribution in [0.5, 0.6) is 5.75 Å². The van der Waals surface area contributed by atoms with Crippen molar-refractivity contribution in [1.82, 2.24) is 8.97 Å². The molecule has 2 atom stereocenters. The van der Waals surface area contributed by atoms with Crippen LogP contribution in [0.4, 0.5) is 0 Å². The Labute approximate surface area is 130 Å². The van der Waals surface area contributed by atoms with Crippen molar-refractivity contribution in [2.45, 2.75) is 31.4 Å². The molecule has 0 bridgehead atoms. The molecule has 0 amide bonds. The smallest absolute Gasteiger partial charge is 0.341 e. The summed E-state index contributed by atoms with van der Waals surface area (Å²) < 4.78 is 7.76. The normalized spacial score (nSPS) is 20.8. The lowest BCUT2D eigenvalue weighted by atomic mass is 10.2. The third kappa shape index (κ3) is 2.40. The molecule has 2 heterocycles. The number of aliphatic hydroxyl groups is 1. The Hall–Kier alpha value is -2.61. The molecule has 122 valence electrons. The molecule has 23 heavy (non-hydrogen) atoms. The van der Waals surface area contributed by atoms with E-state index in [2.05, 4.69) is 0 Å². The van der Waals surface area contributed by atoms with Gasteiger partial charge >= 0.3 is 5.97 Å². The molecule has 0 aliphatic heterocycles. The minimum Gasteiger partial charge on any atom is -0.491 e. The fourth-order valence-corrected chi connectivity index (χ4v) is 3.08. The Morgan fingerprint density at radius 2 is 2.04 bits per heavy atom. The molecule has 1 aliphatic carbocycles. The predicted octanol–water partition coefficient (Wildman–Crippen LogP) is 0.254. The van der Waals surface area contributed by atoms with Gasteiger partial charge in [0.2, 0.25) is 5.43 Å². The molecule has 3 rings (SSSR count). The molecular formula is C15H16N2O6. The summed E-state index contributed by atoms with van der Waals surface area (Å²) >= 11 is 0. The zero-order chi connectivity index (χ0) is 16.7. The first-order chi connectivity index (χ1) is 10.9. The van der Waals surface area contributed by atoms with Crippen LogP contribution >= 0.6 is 0 Å². The van der Waals surface area contributed by atoms with E-state index in [0.29, 0.717) is 19.3 Å². The van der Waals surface area contributed by atoms with Crippen LogP contribution in [0.15, 0.2) is 28.2 Å². The van der Waals surface area contributed by atoms with E-state index in [1.807, 2.05) is 0 Å². The number of aromatic carboxylic acids is 1. The highest BCUT2D eigenvalue weighted by atomic mass is 16.5. The number of ether oxygens (including phenoxy) is 1. The van der Waals surface area contributed by atoms with Crippen molar-refractivity contribution in [3.05, 3.63) is 44.7 Å². The molecule has 0 aromatic carbocycles. The number of aromatic nitrogens is 2. The topological polar surface area (TPSA) is 110 Å². The van der Waals surface area contributed by atoms with Gasteiger partial charge in [0, 0.05) is 24.6 Å². The molecule has 8 heteroatoms. The van der Waals surface area contributed by atoms with Gasteiger partial charge in [0.25, 0.3) is 5.56 Å². The van der Waals surface area contributed by atoms with Gasteiger partial charge in [-0.2, -0.15) is 0 Å². The zero-order valence-corrected chi connectivity index (χ0v) is 12.4. The molecule has 1 aliphatic rings. The van der Waals surface area contributed by atoms with Gasteiger partial charge in [-0.1, -0.05) is 0 Å². The van der Waals surface area contributed by atoms with Crippen LogP contribution in [0.25, 0.3) is 5.52 Å². The number of rotatable bonds is 3. The number of hydrogen-bond donors (Lipinski definition) is 2. The van der Waals surface area contributed by atoms with E-state index in [-0.39, 0.29) is 17.3 Å². The number of aliphatic hydroxyl groups excluding tert-OH is 1. The Balaban J connectivity index is 2.29. The van der Waals surface area contributed by atoms with Crippen molar-refractivity contribution in [1.29, 1.82) is 0 Å². The fraction of sp³-hybridized carbons (Fsp3) is 0.400. The Bertz CT molecular complexity index is 897. The summed E-state index contributed by atoms with van der Waals surface area (Å²) in [7, 11) is 1.22. The highest BCUT2D eigenvalue weighted by Gasteiger charge is 2.26. The average molecular weight is 320 g/mol. The second kappa shape index (κ2) is 5.54. The predicted molar refractivity (Wildman–Crippen MR) is 80.3 cm³/mol. The number of fused-ring (bicyclic) bond motifs is 1. The van der Waals surface area contributed by atoms with Crippen LogP contribution in [0.2, 0.25) is 0 Å². The SMILES string of the molecule is COc1c(=O)c(C(=O)O)cn2ccn([C@@H]3CC[C@H](O)C3)c(=O)c12. The molecule has 0 saturated heterocycles. The minimum absolute atomic E-state index is 0.00797. The Morgan fingerprint density at radius 1 is 1.30 bits per heavy atom. The Morgan fingerprint density at radius 3 is 2.61 bits per heavy atom. The number of carbonyl (C=O) groups is 1. The van der Waals surface area contributed by atoms with Crippen molar-refractivity contribution < 1.29 is 19.7 Å². The lowest BCUT2D eigenvalue weighted by molar-refractivity contribution is 0.0694. The van der Waals surface area contributed by atoms with E-state index in [0.717, 1.165) is 6.20 Å². The third-order valence-electron chi connectivity index (χ3n) is 4.22. The van der Waals surface area contributed by atoms with Crippen LogP contribution in [-0.4, -0.2) is 38.4 Å². The fourth-order valence-electron chi connectivity index (χ4n) is 3.08. The van der Waals surface area contributed by atoms with Gasteiger partial charge < -0.3 is 23.9 Å². The Kier molecular flexibility index (Phi) is 3.69. The summed E-state index contributed by atoms with van der Waals surface area (Å²) in [6, 6.07) is -0.151. The molecule has 1 saturated carbocycles. The van der Waals surface area contributed by atoms with Gasteiger partial charge in [-0.3, -0.25) is 9.59 Å². The molecule has 0 spiro atoms. The van der Waals surface area contributed by atoms with E-state index >= 15 is 0 Å². The second-order valence-electron chi connectivity index (χ2n) is 5.60. The molecule has 8 nitrogen and oxygen atoms in total. The summed E-state index contributed by atoms with van der Waals surface area (Å²) in [5, 5.41) is 18.7. The van der Waals surface area contributed by atoms with Crippen molar-refractivity contribution in [2.24, 2.45) is 0 Å². The van der Waals surface area contributed by atoms with E-state index in [4.69, 9.17) is 9.84 Å². The first-order valence-corrected chi connectivity index (χ1v) is 7.19. The van der Waals surface area contributed by atoms with Crippen LogP contribution in [-0.2, 0) is 0 Å². The number of carboxylic acids is 1. The standard InChI is InChI=1S/C15H16N2O6/c1-23-13-11-14(20)17(8-2-3-9(18)6-8)5-4-16(11)7-10(12(13)19)15(21)22/h4-5,7-9,18H,2-3,6H2,1H3,(H,21,22)/t8-,9+/m1/s1. The maximum Gasteiger partial charge on any atom is 0.341 e. The number of nitrogens with zero attached hydrogens (tertiary/aromatic N) is 2. The highest BCUT2D eigenvalue weighted by molar-refractivity contribution is 5.88. The third-order valence-corrected chi connectivity index (χ3v) is 4.22. The van der Waals surface area contributed by atoms with Crippen molar-refractivity contribution in [2.75, 3.05) is 7.11 Å². The molecule has 2 aromatic rings. The lowest BCUT2D eigenvalue weighted by Crippen LogP contribution is -2.29. The van der Waals surface area contributed by atoms with Crippen molar-refractivity contribution in [3.63, 3.8) is 0 Å². The average Bonchev–Trinajstić information content (AvgIpc) is 2.93. The minimum atomic E-state index is -1.38. The van der Waals surface area contributed by atoms with Crippen LogP contribution in [0, 0.1) is 0 Å². The number of hydrogen-bond acceptors (Lipinski definition) is 5. The van der Waals surface area contributed by atoms with Crippen LogP contribution < -0.4 is 15.7 Å². The van der Waals surface area contributed by atoms with E-state index in [1.54, 1.807) is 0 Å². The van der Waals surface area contributed by atoms with Crippen molar-refractivity contribution in [3.8, 4) is 5.75 Å². The molecule has 0 radical (unpaired) electrons. The highest BCUT2D eigenvalue weighted by Crippen LogP contribution is 2.29. The zero-order valence-electron chi connectivity index (χ0n) is 12.4. The van der Waals surface area contributed by atoms with Gasteiger partial charge in [0.05, 0.1) is 13.2 Å². The first-order valence-electron chi connectivity index (χ1n) is 7.19. The van der Waals surface area contributed by atoms with Gasteiger partial charge in [-0.25, -0.2) is 4.79 Å². The monoisotopic (exact) mass is 320 g/mol. The summed E-state index contributed by atoms with van der Waals surface area (Å²) in [4.78, 5) is 36.1. The van der Waals surface area contributed by atoms with E-state index < -0.39 is 28.6 Å². The van der Waals surface area contributed by atoms with Gasteiger partial charge in [0.15, 0.2) is 11.3 Å². The lowest BCUT2D eigenvalue weighted by Gasteiger charge is -2.16. The summed E-state index contributed by atoms with van der Waals surface area (Å²) in [6.45, 7) is 0. The molecular weight excluding hydrogens is 304 g/mol. The quantitative estimate of drug-likeness (QED) is 0.839. The molecule has 1 fully saturated rings. The number of pyridine rings is 1. The van der Waals surface area contributed by atoms with Gasteiger partial charge in [0.1, 0.15) is 5.56 Å². The number of methoxy groups -OCH3 is 1. The van der Waals surface area contributed by atoms with Crippen LogP contribution in [0.1, 0.15) is 35.7 Å². The van der Waals surface area contributed by atoms with E-state index in [1.165, 1.54) is 28.5 Å². The first kappa shape index (κ1) is 15.3. The maximum atomic E-state index is 12.7. The summed E-state index contributed by atoms with van der Waals surface area (Å²) in [5.41, 5.74) is -1.75. The largest absolute Gasteiger partial charge is 0.491 e. The van der Waals surface area contributed by atoms with Gasteiger partial charge in [-0.05, 0) is 19.3 Å². The number of carboxylic acid groups (broad SMARTS) is 1. The van der Waals surface area contributed by atoms with Crippen LogP contribution in [0.3, 0.4) is 0 Å². The van der Waals surface area contributed by atoms with Gasteiger partial charge in [-0.15, -0.1) is 0 Å². The van der Waals surface area contributed by atoms with E-state index in [9.17, 15) is 19.5 Å². The summed E-state index contributed by atoms with van der Waals surface area (Å²) in [6.07, 6.45) is 5.46. The van der Waals surface area contributed by atoms with Crippen molar-refractivity contribution >= 4 is 11.5 Å². The second-order valence-corrected chi connectivity index (χ2v) is 5.60. The summed E-state index contributed by atoms with van der Waals surface area (Å²) in [5.74, 6) is -1.67.